The molecule has 168 valence electrons. The molecule has 0 aromatic heterocycles. The molecule has 2 heterocycles. The van der Waals surface area contributed by atoms with E-state index in [1.807, 2.05) is 12.1 Å². The monoisotopic (exact) mass is 443 g/mol. The predicted octanol–water partition coefficient (Wildman–Crippen LogP) is 3.86. The molecule has 1 atom stereocenters. The van der Waals surface area contributed by atoms with Crippen LogP contribution in [0.15, 0.2) is 84.9 Å². The average Bonchev–Trinajstić information content (AvgIpc) is 3.15. The molecule has 3 aromatic rings. The molecule has 0 spiro atoms. The lowest BCUT2D eigenvalue weighted by molar-refractivity contribution is -0.123. The molecule has 0 aliphatic carbocycles. The van der Waals surface area contributed by atoms with Gasteiger partial charge < -0.3 is 0 Å². The lowest BCUT2D eigenvalue weighted by Crippen LogP contribution is -2.53. The summed E-state index contributed by atoms with van der Waals surface area (Å²) in [6.07, 6.45) is 0.0912. The lowest BCUT2D eigenvalue weighted by atomic mass is 9.96. The zero-order valence-electron chi connectivity index (χ0n) is 18.3. The van der Waals surface area contributed by atoms with Crippen LogP contribution in [0.2, 0.25) is 0 Å². The molecule has 0 N–H and O–H groups in total. The predicted molar refractivity (Wildman–Crippen MR) is 125 cm³/mol. The van der Waals surface area contributed by atoms with Gasteiger partial charge in [0.2, 0.25) is 5.91 Å². The highest BCUT2D eigenvalue weighted by Crippen LogP contribution is 2.32. The number of nitrogens with zero attached hydrogens (tertiary/aromatic N) is 3. The van der Waals surface area contributed by atoms with Crippen molar-refractivity contribution < 1.29 is 14.0 Å². The molecule has 33 heavy (non-hydrogen) atoms. The van der Waals surface area contributed by atoms with E-state index in [0.29, 0.717) is 13.1 Å². The zero-order valence-corrected chi connectivity index (χ0v) is 18.3. The van der Waals surface area contributed by atoms with E-state index >= 15 is 0 Å². The van der Waals surface area contributed by atoms with Crippen molar-refractivity contribution in [1.82, 2.24) is 9.80 Å². The van der Waals surface area contributed by atoms with Crippen molar-refractivity contribution in [3.63, 3.8) is 0 Å². The molecule has 0 saturated carbocycles. The van der Waals surface area contributed by atoms with Crippen molar-refractivity contribution in [3.05, 3.63) is 102 Å². The third-order valence-electron chi connectivity index (χ3n) is 6.60. The Morgan fingerprint density at radius 2 is 1.27 bits per heavy atom. The van der Waals surface area contributed by atoms with Gasteiger partial charge in [0.05, 0.1) is 24.2 Å². The van der Waals surface area contributed by atoms with E-state index in [4.69, 9.17) is 0 Å². The topological polar surface area (TPSA) is 43.9 Å². The van der Waals surface area contributed by atoms with Crippen LogP contribution in [0.5, 0.6) is 0 Å². The van der Waals surface area contributed by atoms with Gasteiger partial charge in [-0.05, 0) is 23.3 Å². The molecule has 0 unspecified atom stereocenters. The second-order valence-corrected chi connectivity index (χ2v) is 8.53. The molecule has 6 heteroatoms. The maximum atomic E-state index is 14.3. The summed E-state index contributed by atoms with van der Waals surface area (Å²) in [4.78, 5) is 31.3. The average molecular weight is 444 g/mol. The van der Waals surface area contributed by atoms with Crippen molar-refractivity contribution in [1.29, 1.82) is 0 Å². The normalized spacial score (nSPS) is 20.1. The summed E-state index contributed by atoms with van der Waals surface area (Å²) in [6.45, 7) is 2.88. The number of anilines is 1. The minimum absolute atomic E-state index is 0.0434. The van der Waals surface area contributed by atoms with Crippen LogP contribution in [0, 0.1) is 5.82 Å². The molecule has 2 fully saturated rings. The Balaban J connectivity index is 1.32. The summed E-state index contributed by atoms with van der Waals surface area (Å²) in [5.74, 6) is -1.23. The van der Waals surface area contributed by atoms with Crippen molar-refractivity contribution >= 4 is 17.5 Å². The van der Waals surface area contributed by atoms with Gasteiger partial charge in [0.25, 0.3) is 5.91 Å². The molecule has 2 aliphatic rings. The third-order valence-corrected chi connectivity index (χ3v) is 6.60. The first-order valence-corrected chi connectivity index (χ1v) is 11.3. The van der Waals surface area contributed by atoms with Gasteiger partial charge in [0.15, 0.2) is 0 Å². The number of para-hydroxylation sites is 1. The highest BCUT2D eigenvalue weighted by molar-refractivity contribution is 6.22. The maximum Gasteiger partial charge on any atom is 0.251 e. The molecule has 2 aliphatic heterocycles. The van der Waals surface area contributed by atoms with Crippen LogP contribution < -0.4 is 4.90 Å². The fourth-order valence-electron chi connectivity index (χ4n) is 4.98. The van der Waals surface area contributed by atoms with Crippen LogP contribution in [-0.4, -0.2) is 53.8 Å². The van der Waals surface area contributed by atoms with Gasteiger partial charge in [-0.25, -0.2) is 9.29 Å². The molecule has 5 rings (SSSR count). The van der Waals surface area contributed by atoms with Gasteiger partial charge in [-0.3, -0.25) is 19.4 Å². The molecule has 2 amide bonds. The van der Waals surface area contributed by atoms with Gasteiger partial charge in [-0.15, -0.1) is 0 Å². The standard InChI is InChI=1S/C27H26FN3O2/c28-22-13-7-8-14-23(22)31-25(32)19-24(27(31)33)29-15-17-30(18-16-29)26(20-9-3-1-4-10-20)21-11-5-2-6-12-21/h1-14,24,26H,15-19H2/t24-/m1/s1. The highest BCUT2D eigenvalue weighted by atomic mass is 19.1. The summed E-state index contributed by atoms with van der Waals surface area (Å²) < 4.78 is 14.3. The Morgan fingerprint density at radius 3 is 1.85 bits per heavy atom. The number of carbonyl (C=O) groups is 2. The Morgan fingerprint density at radius 1 is 0.727 bits per heavy atom. The lowest BCUT2D eigenvalue weighted by Gasteiger charge is -2.41. The van der Waals surface area contributed by atoms with Gasteiger partial charge in [0, 0.05) is 26.2 Å². The SMILES string of the molecule is O=C1C[C@@H](N2CCN(C(c3ccccc3)c3ccccc3)CC2)C(=O)N1c1ccccc1F. The fourth-order valence-corrected chi connectivity index (χ4v) is 4.98. The summed E-state index contributed by atoms with van der Waals surface area (Å²) >= 11 is 0. The minimum Gasteiger partial charge on any atom is -0.290 e. The summed E-state index contributed by atoms with van der Waals surface area (Å²) in [5.41, 5.74) is 2.51. The third kappa shape index (κ3) is 4.19. The first-order chi connectivity index (χ1) is 16.1. The second-order valence-electron chi connectivity index (χ2n) is 8.53. The molecular formula is C27H26FN3O2. The summed E-state index contributed by atoms with van der Waals surface area (Å²) in [7, 11) is 0. The van der Waals surface area contributed by atoms with Gasteiger partial charge in [-0.1, -0.05) is 72.8 Å². The quantitative estimate of drug-likeness (QED) is 0.562. The van der Waals surface area contributed by atoms with E-state index in [0.717, 1.165) is 18.0 Å². The Labute approximate surface area is 193 Å². The number of halogens is 1. The number of amides is 2. The Kier molecular flexibility index (Phi) is 6.03. The van der Waals surface area contributed by atoms with E-state index in [9.17, 15) is 14.0 Å². The van der Waals surface area contributed by atoms with E-state index in [1.54, 1.807) is 12.1 Å². The first-order valence-electron chi connectivity index (χ1n) is 11.3. The van der Waals surface area contributed by atoms with Crippen LogP contribution in [0.1, 0.15) is 23.6 Å². The fraction of sp³-hybridized carbons (Fsp3) is 0.259. The van der Waals surface area contributed by atoms with Gasteiger partial charge in [0.1, 0.15) is 5.82 Å². The molecule has 3 aromatic carbocycles. The van der Waals surface area contributed by atoms with Crippen molar-refractivity contribution in [2.24, 2.45) is 0 Å². The molecule has 5 nitrogen and oxygen atoms in total. The van der Waals surface area contributed by atoms with Crippen LogP contribution in [-0.2, 0) is 9.59 Å². The van der Waals surface area contributed by atoms with E-state index in [1.165, 1.54) is 23.3 Å². The Bertz CT molecular complexity index is 1090. The number of hydrogen-bond acceptors (Lipinski definition) is 4. The number of rotatable bonds is 5. The van der Waals surface area contributed by atoms with Crippen molar-refractivity contribution in [2.45, 2.75) is 18.5 Å². The van der Waals surface area contributed by atoms with Crippen LogP contribution in [0.3, 0.4) is 0 Å². The first kappa shape index (κ1) is 21.5. The van der Waals surface area contributed by atoms with E-state index < -0.39 is 11.9 Å². The van der Waals surface area contributed by atoms with E-state index in [-0.39, 0.29) is 30.0 Å². The number of benzene rings is 3. The zero-order chi connectivity index (χ0) is 22.8. The summed E-state index contributed by atoms with van der Waals surface area (Å²) in [6, 6.07) is 26.4. The van der Waals surface area contributed by atoms with Crippen LogP contribution >= 0.6 is 0 Å². The molecule has 0 bridgehead atoms. The molecular weight excluding hydrogens is 417 g/mol. The van der Waals surface area contributed by atoms with E-state index in [2.05, 4.69) is 58.3 Å². The number of piperazine rings is 1. The largest absolute Gasteiger partial charge is 0.290 e. The smallest absolute Gasteiger partial charge is 0.251 e. The van der Waals surface area contributed by atoms with Crippen LogP contribution in [0.4, 0.5) is 10.1 Å². The van der Waals surface area contributed by atoms with Crippen molar-refractivity contribution in [3.8, 4) is 0 Å². The highest BCUT2D eigenvalue weighted by Gasteiger charge is 2.44. The van der Waals surface area contributed by atoms with Gasteiger partial charge in [-0.2, -0.15) is 0 Å². The molecule has 0 radical (unpaired) electrons. The molecule has 2 saturated heterocycles. The van der Waals surface area contributed by atoms with Crippen molar-refractivity contribution in [2.75, 3.05) is 31.1 Å². The summed E-state index contributed by atoms with van der Waals surface area (Å²) in [5, 5.41) is 0. The minimum atomic E-state index is -0.557. The second kappa shape index (κ2) is 9.25. The number of imide groups is 1. The number of hydrogen-bond donors (Lipinski definition) is 0. The number of carbonyl (C=O) groups excluding carboxylic acids is 2. The Hall–Kier alpha value is -3.35. The van der Waals surface area contributed by atoms with Crippen LogP contribution in [0.25, 0.3) is 0 Å². The maximum absolute atomic E-state index is 14.3. The van der Waals surface area contributed by atoms with Gasteiger partial charge >= 0.3 is 0 Å².